The van der Waals surface area contributed by atoms with Gasteiger partial charge in [-0.1, -0.05) is 30.3 Å². The van der Waals surface area contributed by atoms with Crippen molar-refractivity contribution in [2.45, 2.75) is 33.2 Å². The minimum absolute atomic E-state index is 0.157. The van der Waals surface area contributed by atoms with Crippen molar-refractivity contribution in [2.24, 2.45) is 5.73 Å². The maximum absolute atomic E-state index is 12.8. The molecule has 0 saturated carbocycles. The second kappa shape index (κ2) is 6.97. The van der Waals surface area contributed by atoms with Gasteiger partial charge in [0.25, 0.3) is 5.91 Å². The summed E-state index contributed by atoms with van der Waals surface area (Å²) in [5, 5.41) is 2.79. The Hall–Kier alpha value is -2.46. The molecule has 0 aromatic heterocycles. The number of hydrogen-bond donors (Lipinski definition) is 2. The highest BCUT2D eigenvalue weighted by molar-refractivity contribution is 6.15. The molecule has 4 nitrogen and oxygen atoms in total. The van der Waals surface area contributed by atoms with Crippen LogP contribution in [0.15, 0.2) is 42.5 Å². The Morgan fingerprint density at radius 2 is 1.62 bits per heavy atom. The standard InChI is InChI=1S/C20H24N2O2/c1-13-9-10-15(11-14(13)2)18(23)16-7-5-6-8-17(16)19(24)22-12-20(3,4)21/h5-11H,12,21H2,1-4H3,(H,22,24). The van der Waals surface area contributed by atoms with E-state index in [2.05, 4.69) is 5.32 Å². The Morgan fingerprint density at radius 3 is 2.21 bits per heavy atom. The van der Waals surface area contributed by atoms with E-state index in [-0.39, 0.29) is 11.7 Å². The number of amides is 1. The average molecular weight is 324 g/mol. The van der Waals surface area contributed by atoms with E-state index in [0.29, 0.717) is 23.2 Å². The molecule has 0 spiro atoms. The predicted molar refractivity (Wildman–Crippen MR) is 96.4 cm³/mol. The van der Waals surface area contributed by atoms with Crippen LogP contribution in [0.25, 0.3) is 0 Å². The lowest BCUT2D eigenvalue weighted by Gasteiger charge is -2.19. The highest BCUT2D eigenvalue weighted by Gasteiger charge is 2.20. The molecule has 0 fully saturated rings. The summed E-state index contributed by atoms with van der Waals surface area (Å²) < 4.78 is 0. The number of ketones is 1. The van der Waals surface area contributed by atoms with E-state index in [1.807, 2.05) is 39.8 Å². The van der Waals surface area contributed by atoms with Gasteiger partial charge in [-0.15, -0.1) is 0 Å². The van der Waals surface area contributed by atoms with Crippen LogP contribution in [0.2, 0.25) is 0 Å². The zero-order chi connectivity index (χ0) is 17.9. The summed E-state index contributed by atoms with van der Waals surface area (Å²) in [6.07, 6.45) is 0. The molecule has 1 amide bonds. The minimum Gasteiger partial charge on any atom is -0.350 e. The first-order valence-corrected chi connectivity index (χ1v) is 7.97. The molecular weight excluding hydrogens is 300 g/mol. The van der Waals surface area contributed by atoms with Crippen LogP contribution in [0, 0.1) is 13.8 Å². The lowest BCUT2D eigenvalue weighted by atomic mass is 9.95. The quantitative estimate of drug-likeness (QED) is 0.831. The molecule has 0 heterocycles. The molecule has 0 bridgehead atoms. The van der Waals surface area contributed by atoms with Crippen molar-refractivity contribution in [1.29, 1.82) is 0 Å². The van der Waals surface area contributed by atoms with E-state index in [0.717, 1.165) is 11.1 Å². The molecule has 0 atom stereocenters. The lowest BCUT2D eigenvalue weighted by Crippen LogP contribution is -2.45. The van der Waals surface area contributed by atoms with Gasteiger partial charge >= 0.3 is 0 Å². The maximum Gasteiger partial charge on any atom is 0.252 e. The van der Waals surface area contributed by atoms with E-state index in [9.17, 15) is 9.59 Å². The smallest absolute Gasteiger partial charge is 0.252 e. The van der Waals surface area contributed by atoms with E-state index >= 15 is 0 Å². The summed E-state index contributed by atoms with van der Waals surface area (Å²) in [5.41, 5.74) is 8.91. The molecule has 2 rings (SSSR count). The number of benzene rings is 2. The maximum atomic E-state index is 12.8. The topological polar surface area (TPSA) is 72.2 Å². The molecule has 0 aliphatic heterocycles. The summed E-state index contributed by atoms with van der Waals surface area (Å²) in [6.45, 7) is 7.96. The molecule has 0 radical (unpaired) electrons. The van der Waals surface area contributed by atoms with Crippen molar-refractivity contribution >= 4 is 11.7 Å². The van der Waals surface area contributed by atoms with Crippen molar-refractivity contribution in [3.05, 3.63) is 70.3 Å². The highest BCUT2D eigenvalue weighted by atomic mass is 16.2. The van der Waals surface area contributed by atoms with Crippen molar-refractivity contribution in [1.82, 2.24) is 5.32 Å². The Kier molecular flexibility index (Phi) is 5.20. The van der Waals surface area contributed by atoms with Gasteiger partial charge in [0, 0.05) is 23.2 Å². The van der Waals surface area contributed by atoms with Crippen molar-refractivity contribution < 1.29 is 9.59 Å². The number of carbonyl (C=O) groups is 2. The molecule has 2 aromatic rings. The second-order valence-electron chi connectivity index (χ2n) is 6.85. The third-order valence-electron chi connectivity index (χ3n) is 3.89. The van der Waals surface area contributed by atoms with Crippen LogP contribution in [-0.2, 0) is 0 Å². The average Bonchev–Trinajstić information content (AvgIpc) is 2.54. The van der Waals surface area contributed by atoms with Gasteiger partial charge < -0.3 is 11.1 Å². The van der Waals surface area contributed by atoms with Gasteiger partial charge in [-0.2, -0.15) is 0 Å². The second-order valence-corrected chi connectivity index (χ2v) is 6.85. The first-order valence-electron chi connectivity index (χ1n) is 7.97. The molecular formula is C20H24N2O2. The summed E-state index contributed by atoms with van der Waals surface area (Å²) in [6, 6.07) is 12.4. The number of rotatable bonds is 5. The molecule has 2 aromatic carbocycles. The third kappa shape index (κ3) is 4.30. The molecule has 0 aliphatic carbocycles. The van der Waals surface area contributed by atoms with Gasteiger partial charge in [-0.3, -0.25) is 9.59 Å². The number of nitrogens with one attached hydrogen (secondary N) is 1. The molecule has 4 heteroatoms. The Labute approximate surface area is 143 Å². The zero-order valence-corrected chi connectivity index (χ0v) is 14.6. The molecule has 0 saturated heterocycles. The SMILES string of the molecule is Cc1ccc(C(=O)c2ccccc2C(=O)NCC(C)(C)N)cc1C. The van der Waals surface area contributed by atoms with Crippen molar-refractivity contribution in [2.75, 3.05) is 6.54 Å². The van der Waals surface area contributed by atoms with Crippen molar-refractivity contribution in [3.63, 3.8) is 0 Å². The number of nitrogens with two attached hydrogens (primary N) is 1. The number of hydrogen-bond acceptors (Lipinski definition) is 3. The fourth-order valence-electron chi connectivity index (χ4n) is 2.32. The fraction of sp³-hybridized carbons (Fsp3) is 0.300. The van der Waals surface area contributed by atoms with Crippen molar-refractivity contribution in [3.8, 4) is 0 Å². The van der Waals surface area contributed by atoms with E-state index in [4.69, 9.17) is 5.73 Å². The summed E-state index contributed by atoms with van der Waals surface area (Å²) in [4.78, 5) is 25.3. The Balaban J connectivity index is 2.32. The van der Waals surface area contributed by atoms with Gasteiger partial charge in [0.15, 0.2) is 5.78 Å². The van der Waals surface area contributed by atoms with Crippen LogP contribution in [0.5, 0.6) is 0 Å². The van der Waals surface area contributed by atoms with Gasteiger partial charge in [-0.25, -0.2) is 0 Å². The van der Waals surface area contributed by atoms with Gasteiger partial charge in [0.1, 0.15) is 0 Å². The molecule has 3 N–H and O–H groups in total. The predicted octanol–water partition coefficient (Wildman–Crippen LogP) is 3.00. The van der Waals surface area contributed by atoms with Gasteiger partial charge in [0.05, 0.1) is 5.56 Å². The highest BCUT2D eigenvalue weighted by Crippen LogP contribution is 2.17. The van der Waals surface area contributed by atoms with Crippen LogP contribution < -0.4 is 11.1 Å². The summed E-state index contributed by atoms with van der Waals surface area (Å²) in [5.74, 6) is -0.447. The van der Waals surface area contributed by atoms with Crippen LogP contribution >= 0.6 is 0 Å². The molecule has 0 unspecified atom stereocenters. The molecule has 126 valence electrons. The van der Waals surface area contributed by atoms with E-state index < -0.39 is 5.54 Å². The van der Waals surface area contributed by atoms with Crippen LogP contribution in [0.4, 0.5) is 0 Å². The minimum atomic E-state index is -0.511. The Morgan fingerprint density at radius 1 is 1.00 bits per heavy atom. The monoisotopic (exact) mass is 324 g/mol. The Bertz CT molecular complexity index is 773. The summed E-state index contributed by atoms with van der Waals surface area (Å²) in [7, 11) is 0. The molecule has 24 heavy (non-hydrogen) atoms. The van der Waals surface area contributed by atoms with Crippen LogP contribution in [0.1, 0.15) is 51.3 Å². The first kappa shape index (κ1) is 17.9. The first-order chi connectivity index (χ1) is 11.2. The van der Waals surface area contributed by atoms with Gasteiger partial charge in [-0.05, 0) is 51.0 Å². The zero-order valence-electron chi connectivity index (χ0n) is 14.6. The number of aryl methyl sites for hydroxylation is 2. The lowest BCUT2D eigenvalue weighted by molar-refractivity contribution is 0.0935. The normalized spacial score (nSPS) is 11.2. The summed E-state index contributed by atoms with van der Waals surface area (Å²) >= 11 is 0. The third-order valence-corrected chi connectivity index (χ3v) is 3.89. The largest absolute Gasteiger partial charge is 0.350 e. The fourth-order valence-corrected chi connectivity index (χ4v) is 2.32. The van der Waals surface area contributed by atoms with Crippen LogP contribution in [-0.4, -0.2) is 23.8 Å². The molecule has 0 aliphatic rings. The van der Waals surface area contributed by atoms with E-state index in [1.165, 1.54) is 0 Å². The number of carbonyl (C=O) groups excluding carboxylic acids is 2. The van der Waals surface area contributed by atoms with Gasteiger partial charge in [0.2, 0.25) is 0 Å². The van der Waals surface area contributed by atoms with E-state index in [1.54, 1.807) is 30.3 Å². The van der Waals surface area contributed by atoms with Crippen LogP contribution in [0.3, 0.4) is 0 Å².